The summed E-state index contributed by atoms with van der Waals surface area (Å²) in [6.07, 6.45) is 1.78. The summed E-state index contributed by atoms with van der Waals surface area (Å²) >= 11 is 12.2. The van der Waals surface area contributed by atoms with Crippen molar-refractivity contribution in [3.63, 3.8) is 0 Å². The molecule has 7 nitrogen and oxygen atoms in total. The van der Waals surface area contributed by atoms with E-state index in [0.717, 1.165) is 28.1 Å². The van der Waals surface area contributed by atoms with Crippen LogP contribution in [0.25, 0.3) is 0 Å². The summed E-state index contributed by atoms with van der Waals surface area (Å²) < 4.78 is 26.4. The molecular formula is C25H33Cl2N3O4S. The van der Waals surface area contributed by atoms with Gasteiger partial charge in [-0.25, -0.2) is 8.42 Å². The maximum Gasteiger partial charge on any atom is 0.244 e. The lowest BCUT2D eigenvalue weighted by atomic mass is 10.1. The van der Waals surface area contributed by atoms with E-state index in [-0.39, 0.29) is 18.5 Å². The fourth-order valence-electron chi connectivity index (χ4n) is 3.38. The third-order valence-electron chi connectivity index (χ3n) is 5.96. The fourth-order valence-corrected chi connectivity index (χ4v) is 4.54. The van der Waals surface area contributed by atoms with E-state index in [0.29, 0.717) is 21.3 Å². The minimum absolute atomic E-state index is 0.0509. The number of carbonyl (C=O) groups is 2. The molecule has 192 valence electrons. The summed E-state index contributed by atoms with van der Waals surface area (Å²) in [6, 6.07) is 9.23. The van der Waals surface area contributed by atoms with Crippen LogP contribution in [0.2, 0.25) is 10.0 Å². The van der Waals surface area contributed by atoms with E-state index in [1.165, 1.54) is 4.90 Å². The average Bonchev–Trinajstić information content (AvgIpc) is 2.78. The summed E-state index contributed by atoms with van der Waals surface area (Å²) in [6.45, 7) is 8.83. The molecule has 0 radical (unpaired) electrons. The van der Waals surface area contributed by atoms with Crippen LogP contribution in [0.5, 0.6) is 0 Å². The molecule has 0 aliphatic rings. The topological polar surface area (TPSA) is 86.8 Å². The molecule has 2 aromatic carbocycles. The number of anilines is 1. The Labute approximate surface area is 218 Å². The van der Waals surface area contributed by atoms with Crippen molar-refractivity contribution in [3.05, 3.63) is 63.1 Å². The van der Waals surface area contributed by atoms with Gasteiger partial charge in [0.25, 0.3) is 0 Å². The van der Waals surface area contributed by atoms with Crippen LogP contribution >= 0.6 is 23.2 Å². The summed E-state index contributed by atoms with van der Waals surface area (Å²) in [5, 5.41) is 3.58. The number of nitrogens with one attached hydrogen (secondary N) is 1. The lowest BCUT2D eigenvalue weighted by Gasteiger charge is -2.32. The van der Waals surface area contributed by atoms with Gasteiger partial charge in [0.05, 0.1) is 22.0 Å². The SMILES string of the molecule is CC[C@@H](C)NC(=O)[C@@H](C)N(Cc1ccc(Cl)c(Cl)c1)C(=O)CN(c1ccc(C)c(C)c1)S(C)(=O)=O. The Morgan fingerprint density at radius 1 is 1.00 bits per heavy atom. The molecule has 0 heterocycles. The van der Waals surface area contributed by atoms with Crippen LogP contribution in [0.3, 0.4) is 0 Å². The molecular weight excluding hydrogens is 509 g/mol. The van der Waals surface area contributed by atoms with Crippen LogP contribution in [-0.2, 0) is 26.2 Å². The first-order valence-electron chi connectivity index (χ1n) is 11.3. The zero-order valence-electron chi connectivity index (χ0n) is 20.9. The molecule has 0 saturated carbocycles. The minimum Gasteiger partial charge on any atom is -0.352 e. The number of nitrogens with zero attached hydrogens (tertiary/aromatic N) is 2. The van der Waals surface area contributed by atoms with E-state index in [4.69, 9.17) is 23.2 Å². The highest BCUT2D eigenvalue weighted by Gasteiger charge is 2.30. The summed E-state index contributed by atoms with van der Waals surface area (Å²) in [5.41, 5.74) is 2.95. The van der Waals surface area contributed by atoms with Gasteiger partial charge in [-0.05, 0) is 75.1 Å². The van der Waals surface area contributed by atoms with E-state index < -0.39 is 28.5 Å². The predicted molar refractivity (Wildman–Crippen MR) is 142 cm³/mol. The minimum atomic E-state index is -3.78. The van der Waals surface area contributed by atoms with Gasteiger partial charge in [-0.2, -0.15) is 0 Å². The lowest BCUT2D eigenvalue weighted by Crippen LogP contribution is -2.52. The summed E-state index contributed by atoms with van der Waals surface area (Å²) in [5.74, 6) is -0.851. The highest BCUT2D eigenvalue weighted by molar-refractivity contribution is 7.92. The molecule has 0 spiro atoms. The predicted octanol–water partition coefficient (Wildman–Crippen LogP) is 4.71. The molecule has 0 bridgehead atoms. The van der Waals surface area contributed by atoms with Crippen molar-refractivity contribution in [2.45, 2.75) is 59.7 Å². The Balaban J connectivity index is 2.43. The van der Waals surface area contributed by atoms with Crippen molar-refractivity contribution >= 4 is 50.7 Å². The Morgan fingerprint density at radius 3 is 2.20 bits per heavy atom. The van der Waals surface area contributed by atoms with Crippen molar-refractivity contribution in [1.82, 2.24) is 10.2 Å². The van der Waals surface area contributed by atoms with E-state index in [9.17, 15) is 18.0 Å². The quantitative estimate of drug-likeness (QED) is 0.471. The van der Waals surface area contributed by atoms with Gasteiger partial charge in [-0.15, -0.1) is 0 Å². The highest BCUT2D eigenvalue weighted by Crippen LogP contribution is 2.25. The Bertz CT molecular complexity index is 1190. The molecule has 1 N–H and O–H groups in total. The Kier molecular flexibility index (Phi) is 10.0. The van der Waals surface area contributed by atoms with Crippen LogP contribution in [-0.4, -0.2) is 50.0 Å². The van der Waals surface area contributed by atoms with Crippen LogP contribution in [0.15, 0.2) is 36.4 Å². The standard InChI is InChI=1S/C25H33Cl2N3O4S/c1-7-18(4)28-25(32)19(5)29(14-20-9-11-22(26)23(27)13-20)24(31)15-30(35(6,33)34)21-10-8-16(2)17(3)12-21/h8-13,18-19H,7,14-15H2,1-6H3,(H,28,32)/t18-,19-/m1/s1. The van der Waals surface area contributed by atoms with Gasteiger partial charge in [0.15, 0.2) is 0 Å². The molecule has 0 saturated heterocycles. The molecule has 2 rings (SSSR count). The first kappa shape index (κ1) is 28.9. The molecule has 0 aromatic heterocycles. The third-order valence-corrected chi connectivity index (χ3v) is 7.84. The van der Waals surface area contributed by atoms with Gasteiger partial charge in [-0.1, -0.05) is 42.3 Å². The first-order chi connectivity index (χ1) is 16.2. The van der Waals surface area contributed by atoms with Crippen molar-refractivity contribution < 1.29 is 18.0 Å². The molecule has 0 aliphatic carbocycles. The molecule has 0 unspecified atom stereocenters. The Morgan fingerprint density at radius 2 is 1.66 bits per heavy atom. The second-order valence-corrected chi connectivity index (χ2v) is 11.5. The number of sulfonamides is 1. The van der Waals surface area contributed by atoms with E-state index >= 15 is 0 Å². The van der Waals surface area contributed by atoms with E-state index in [2.05, 4.69) is 5.32 Å². The molecule has 2 amide bonds. The van der Waals surface area contributed by atoms with Crippen LogP contribution in [0, 0.1) is 13.8 Å². The summed E-state index contributed by atoms with van der Waals surface area (Å²) in [7, 11) is -3.78. The lowest BCUT2D eigenvalue weighted by molar-refractivity contribution is -0.139. The number of amides is 2. The Hall–Kier alpha value is -2.29. The van der Waals surface area contributed by atoms with Gasteiger partial charge >= 0.3 is 0 Å². The molecule has 2 atom stereocenters. The molecule has 0 aliphatic heterocycles. The normalized spacial score (nSPS) is 13.1. The van der Waals surface area contributed by atoms with Gasteiger partial charge in [-0.3, -0.25) is 13.9 Å². The van der Waals surface area contributed by atoms with Crippen LogP contribution in [0.4, 0.5) is 5.69 Å². The second-order valence-electron chi connectivity index (χ2n) is 8.80. The zero-order chi connectivity index (χ0) is 26.5. The van der Waals surface area contributed by atoms with Gasteiger partial charge in [0, 0.05) is 12.6 Å². The zero-order valence-corrected chi connectivity index (χ0v) is 23.3. The summed E-state index contributed by atoms with van der Waals surface area (Å²) in [4.78, 5) is 27.8. The fraction of sp³-hybridized carbons (Fsp3) is 0.440. The van der Waals surface area contributed by atoms with Crippen LogP contribution < -0.4 is 9.62 Å². The average molecular weight is 543 g/mol. The van der Waals surface area contributed by atoms with Gasteiger partial charge < -0.3 is 10.2 Å². The molecule has 2 aromatic rings. The molecule has 10 heteroatoms. The van der Waals surface area contributed by atoms with Crippen molar-refractivity contribution in [3.8, 4) is 0 Å². The number of hydrogen-bond acceptors (Lipinski definition) is 4. The van der Waals surface area contributed by atoms with Crippen LogP contribution in [0.1, 0.15) is 43.9 Å². The third kappa shape index (κ3) is 7.85. The monoisotopic (exact) mass is 541 g/mol. The number of carbonyl (C=O) groups excluding carboxylic acids is 2. The largest absolute Gasteiger partial charge is 0.352 e. The number of benzene rings is 2. The van der Waals surface area contributed by atoms with E-state index in [1.807, 2.05) is 33.8 Å². The van der Waals surface area contributed by atoms with Gasteiger partial charge in [0.1, 0.15) is 12.6 Å². The van der Waals surface area contributed by atoms with Gasteiger partial charge in [0.2, 0.25) is 21.8 Å². The number of rotatable bonds is 10. The molecule has 35 heavy (non-hydrogen) atoms. The molecule has 0 fully saturated rings. The smallest absolute Gasteiger partial charge is 0.244 e. The maximum atomic E-state index is 13.6. The van der Waals surface area contributed by atoms with Crippen molar-refractivity contribution in [2.24, 2.45) is 0 Å². The first-order valence-corrected chi connectivity index (χ1v) is 13.9. The highest BCUT2D eigenvalue weighted by atomic mass is 35.5. The van der Waals surface area contributed by atoms with Crippen molar-refractivity contribution in [1.29, 1.82) is 0 Å². The van der Waals surface area contributed by atoms with E-state index in [1.54, 1.807) is 37.3 Å². The van der Waals surface area contributed by atoms with Crippen molar-refractivity contribution in [2.75, 3.05) is 17.1 Å². The number of aryl methyl sites for hydroxylation is 2. The number of hydrogen-bond donors (Lipinski definition) is 1. The second kappa shape index (κ2) is 12.1. The maximum absolute atomic E-state index is 13.6. The number of halogens is 2.